The summed E-state index contributed by atoms with van der Waals surface area (Å²) in [5, 5.41) is 0. The van der Waals surface area contributed by atoms with Crippen LogP contribution in [0.4, 0.5) is 0 Å². The number of nitrogens with zero attached hydrogens (tertiary/aromatic N) is 1. The third-order valence-corrected chi connectivity index (χ3v) is 2.10. The molecular weight excluding hydrogens is 140 g/mol. The zero-order valence-electron chi connectivity index (χ0n) is 5.83. The van der Waals surface area contributed by atoms with E-state index in [-0.39, 0.29) is 6.04 Å². The fourth-order valence-corrected chi connectivity index (χ4v) is 0.720. The van der Waals surface area contributed by atoms with Crippen LogP contribution in [0.2, 0.25) is 0 Å². The standard InChI is InChI=1S/C4H12N2O2S/c1-4(2)6(3)9(7)8-5/h4H,5H2,1-3H3. The number of hydrogen-bond donors (Lipinski definition) is 1. The summed E-state index contributed by atoms with van der Waals surface area (Å²) in [6.07, 6.45) is 0. The van der Waals surface area contributed by atoms with Crippen molar-refractivity contribution in [2.75, 3.05) is 7.05 Å². The van der Waals surface area contributed by atoms with Crippen molar-refractivity contribution in [2.24, 2.45) is 5.90 Å². The first-order valence-electron chi connectivity index (χ1n) is 2.61. The molecule has 0 radical (unpaired) electrons. The molecule has 0 aliphatic rings. The van der Waals surface area contributed by atoms with Gasteiger partial charge in [0.25, 0.3) is 11.3 Å². The van der Waals surface area contributed by atoms with E-state index in [0.717, 1.165) is 0 Å². The highest BCUT2D eigenvalue weighted by Gasteiger charge is 2.09. The summed E-state index contributed by atoms with van der Waals surface area (Å²) in [6.45, 7) is 3.80. The van der Waals surface area contributed by atoms with Gasteiger partial charge in [0.15, 0.2) is 0 Å². The average molecular weight is 152 g/mol. The smallest absolute Gasteiger partial charge is 0.210 e. The van der Waals surface area contributed by atoms with Crippen molar-refractivity contribution in [2.45, 2.75) is 19.9 Å². The fourth-order valence-electron chi connectivity index (χ4n) is 0.240. The zero-order chi connectivity index (χ0) is 7.44. The Hall–Kier alpha value is 0.0300. The van der Waals surface area contributed by atoms with Gasteiger partial charge in [0.1, 0.15) is 0 Å². The first-order valence-corrected chi connectivity index (χ1v) is 3.64. The second-order valence-corrected chi connectivity index (χ2v) is 3.16. The Kier molecular flexibility index (Phi) is 3.96. The van der Waals surface area contributed by atoms with Gasteiger partial charge >= 0.3 is 0 Å². The molecule has 0 spiro atoms. The van der Waals surface area contributed by atoms with Gasteiger partial charge in [-0.25, -0.2) is 8.51 Å². The lowest BCUT2D eigenvalue weighted by Gasteiger charge is -2.16. The molecule has 0 fully saturated rings. The Bertz CT molecular complexity index is 107. The van der Waals surface area contributed by atoms with Crippen LogP contribution in [0.3, 0.4) is 0 Å². The molecule has 0 saturated heterocycles. The van der Waals surface area contributed by atoms with Crippen LogP contribution in [0.1, 0.15) is 13.8 Å². The fraction of sp³-hybridized carbons (Fsp3) is 1.00. The molecule has 9 heavy (non-hydrogen) atoms. The Morgan fingerprint density at radius 2 is 2.11 bits per heavy atom. The van der Waals surface area contributed by atoms with Gasteiger partial charge in [0.2, 0.25) is 0 Å². The van der Waals surface area contributed by atoms with Crippen LogP contribution in [0.25, 0.3) is 0 Å². The SMILES string of the molecule is CC(C)N(C)S(=O)ON. The summed E-state index contributed by atoms with van der Waals surface area (Å²) in [5.41, 5.74) is 0. The normalized spacial score (nSPS) is 14.9. The lowest BCUT2D eigenvalue weighted by molar-refractivity contribution is 0.311. The van der Waals surface area contributed by atoms with Crippen molar-refractivity contribution in [3.63, 3.8) is 0 Å². The second kappa shape index (κ2) is 3.94. The predicted octanol–water partition coefficient (Wildman–Crippen LogP) is -0.204. The van der Waals surface area contributed by atoms with E-state index < -0.39 is 11.3 Å². The number of nitrogens with two attached hydrogens (primary N) is 1. The monoisotopic (exact) mass is 152 g/mol. The zero-order valence-corrected chi connectivity index (χ0v) is 6.64. The van der Waals surface area contributed by atoms with Gasteiger partial charge in [0.05, 0.1) is 0 Å². The maximum Gasteiger partial charge on any atom is 0.254 e. The van der Waals surface area contributed by atoms with Gasteiger partial charge in [-0.2, -0.15) is 10.2 Å². The van der Waals surface area contributed by atoms with E-state index >= 15 is 0 Å². The molecule has 0 rings (SSSR count). The van der Waals surface area contributed by atoms with Crippen LogP contribution in [0.5, 0.6) is 0 Å². The summed E-state index contributed by atoms with van der Waals surface area (Å²) in [5.74, 6) is 4.67. The van der Waals surface area contributed by atoms with Crippen molar-refractivity contribution in [1.29, 1.82) is 0 Å². The van der Waals surface area contributed by atoms with Gasteiger partial charge in [-0.05, 0) is 13.8 Å². The van der Waals surface area contributed by atoms with Gasteiger partial charge in [-0.1, -0.05) is 0 Å². The highest BCUT2D eigenvalue weighted by Crippen LogP contribution is 1.96. The van der Waals surface area contributed by atoms with Gasteiger partial charge < -0.3 is 0 Å². The molecule has 0 aliphatic heterocycles. The second-order valence-electron chi connectivity index (χ2n) is 1.95. The van der Waals surface area contributed by atoms with E-state index in [4.69, 9.17) is 0 Å². The quantitative estimate of drug-likeness (QED) is 0.569. The van der Waals surface area contributed by atoms with Crippen LogP contribution in [0.15, 0.2) is 0 Å². The average Bonchev–Trinajstić information content (AvgIpc) is 1.84. The summed E-state index contributed by atoms with van der Waals surface area (Å²) >= 11 is -1.49. The molecular formula is C4H12N2O2S. The molecule has 1 unspecified atom stereocenters. The summed E-state index contributed by atoms with van der Waals surface area (Å²) in [7, 11) is 1.67. The van der Waals surface area contributed by atoms with Crippen molar-refractivity contribution in [3.8, 4) is 0 Å². The van der Waals surface area contributed by atoms with Crippen molar-refractivity contribution in [1.82, 2.24) is 4.31 Å². The van der Waals surface area contributed by atoms with E-state index in [1.807, 2.05) is 13.8 Å². The van der Waals surface area contributed by atoms with Crippen LogP contribution < -0.4 is 5.90 Å². The molecule has 0 aromatic heterocycles. The minimum atomic E-state index is -1.49. The first-order chi connectivity index (χ1) is 4.09. The van der Waals surface area contributed by atoms with E-state index in [9.17, 15) is 4.21 Å². The first kappa shape index (κ1) is 9.03. The maximum absolute atomic E-state index is 10.6. The van der Waals surface area contributed by atoms with E-state index in [0.29, 0.717) is 0 Å². The number of hydrogen-bond acceptors (Lipinski definition) is 3. The van der Waals surface area contributed by atoms with Crippen LogP contribution in [-0.2, 0) is 15.6 Å². The lowest BCUT2D eigenvalue weighted by atomic mass is 10.4. The third kappa shape index (κ3) is 2.90. The molecule has 4 nitrogen and oxygen atoms in total. The van der Waals surface area contributed by atoms with Crippen LogP contribution in [-0.4, -0.2) is 21.6 Å². The predicted molar refractivity (Wildman–Crippen MR) is 36.3 cm³/mol. The molecule has 5 heteroatoms. The molecule has 0 aromatic rings. The van der Waals surface area contributed by atoms with Gasteiger partial charge in [-0.3, -0.25) is 0 Å². The molecule has 0 saturated carbocycles. The Morgan fingerprint density at radius 1 is 1.67 bits per heavy atom. The Morgan fingerprint density at radius 3 is 2.22 bits per heavy atom. The molecule has 2 N–H and O–H groups in total. The lowest BCUT2D eigenvalue weighted by Crippen LogP contribution is -2.30. The molecule has 0 heterocycles. The summed E-state index contributed by atoms with van der Waals surface area (Å²) in [4.78, 5) is 0. The highest BCUT2D eigenvalue weighted by molar-refractivity contribution is 7.77. The topological polar surface area (TPSA) is 55.6 Å². The van der Waals surface area contributed by atoms with E-state index in [2.05, 4.69) is 10.2 Å². The third-order valence-electron chi connectivity index (χ3n) is 1.04. The Balaban J connectivity index is 3.72. The molecule has 1 atom stereocenters. The highest BCUT2D eigenvalue weighted by atomic mass is 32.2. The molecule has 0 aromatic carbocycles. The minimum absolute atomic E-state index is 0.175. The van der Waals surface area contributed by atoms with Crippen molar-refractivity contribution < 1.29 is 8.49 Å². The Labute approximate surface area is 57.7 Å². The molecule has 56 valence electrons. The van der Waals surface area contributed by atoms with Gasteiger partial charge in [-0.15, -0.1) is 0 Å². The van der Waals surface area contributed by atoms with Crippen molar-refractivity contribution >= 4 is 11.3 Å². The molecule has 0 aliphatic carbocycles. The van der Waals surface area contributed by atoms with E-state index in [1.165, 1.54) is 4.31 Å². The molecule has 0 amide bonds. The van der Waals surface area contributed by atoms with Crippen LogP contribution >= 0.6 is 0 Å². The maximum atomic E-state index is 10.6. The minimum Gasteiger partial charge on any atom is -0.210 e. The van der Waals surface area contributed by atoms with E-state index in [1.54, 1.807) is 7.05 Å². The summed E-state index contributed by atoms with van der Waals surface area (Å²) in [6, 6.07) is 0.175. The van der Waals surface area contributed by atoms with Crippen molar-refractivity contribution in [3.05, 3.63) is 0 Å². The van der Waals surface area contributed by atoms with Crippen LogP contribution in [0, 0.1) is 0 Å². The number of rotatable bonds is 3. The van der Waals surface area contributed by atoms with Gasteiger partial charge in [0, 0.05) is 13.1 Å². The summed E-state index contributed by atoms with van der Waals surface area (Å²) < 4.78 is 16.2. The molecule has 0 bridgehead atoms. The largest absolute Gasteiger partial charge is 0.254 e.